The monoisotopic (exact) mass is 228 g/mol. The van der Waals surface area contributed by atoms with Crippen LogP contribution in [0.3, 0.4) is 0 Å². The van der Waals surface area contributed by atoms with Crippen LogP contribution in [0.4, 0.5) is 0 Å². The second kappa shape index (κ2) is 5.23. The zero-order chi connectivity index (χ0) is 12.1. The maximum Gasteiger partial charge on any atom is 0.265 e. The zero-order valence-corrected chi connectivity index (χ0v) is 9.13. The third kappa shape index (κ3) is 2.68. The maximum absolute atomic E-state index is 10.8. The first-order valence-electron chi connectivity index (χ1n) is 5.22. The summed E-state index contributed by atoms with van der Waals surface area (Å²) in [6, 6.07) is 13.8. The van der Waals surface area contributed by atoms with Gasteiger partial charge in [0.2, 0.25) is 0 Å². The summed E-state index contributed by atoms with van der Waals surface area (Å²) in [4.78, 5) is 10.8. The van der Waals surface area contributed by atoms with Gasteiger partial charge in [-0.25, -0.2) is 5.43 Å². The van der Waals surface area contributed by atoms with Crippen LogP contribution in [-0.4, -0.2) is 23.8 Å². The van der Waals surface area contributed by atoms with Crippen LogP contribution < -0.4 is 5.43 Å². The molecule has 0 aromatic heterocycles. The number of rotatable bonds is 3. The number of amides is 1. The minimum atomic E-state index is -0.563. The van der Waals surface area contributed by atoms with Crippen molar-refractivity contribution in [3.05, 3.63) is 48.0 Å². The molecule has 0 radical (unpaired) electrons. The van der Waals surface area contributed by atoms with Crippen molar-refractivity contribution >= 4 is 22.9 Å². The highest BCUT2D eigenvalue weighted by Gasteiger charge is 1.97. The van der Waals surface area contributed by atoms with Crippen molar-refractivity contribution < 1.29 is 9.90 Å². The highest BCUT2D eigenvalue weighted by atomic mass is 16.3. The quantitative estimate of drug-likeness (QED) is 0.614. The fraction of sp³-hybridized carbons (Fsp3) is 0.0769. The highest BCUT2D eigenvalue weighted by Crippen LogP contribution is 2.16. The van der Waals surface area contributed by atoms with E-state index in [0.29, 0.717) is 0 Å². The van der Waals surface area contributed by atoms with Gasteiger partial charge < -0.3 is 5.11 Å². The van der Waals surface area contributed by atoms with Crippen molar-refractivity contribution in [3.63, 3.8) is 0 Å². The van der Waals surface area contributed by atoms with Crippen molar-refractivity contribution in [2.45, 2.75) is 0 Å². The lowest BCUT2D eigenvalue weighted by Gasteiger charge is -2.01. The van der Waals surface area contributed by atoms with Crippen molar-refractivity contribution in [2.24, 2.45) is 5.10 Å². The Balaban J connectivity index is 2.27. The maximum atomic E-state index is 10.8. The van der Waals surface area contributed by atoms with E-state index in [1.165, 1.54) is 0 Å². The number of aliphatic hydroxyl groups is 1. The van der Waals surface area contributed by atoms with Gasteiger partial charge in [-0.15, -0.1) is 0 Å². The molecule has 2 rings (SSSR count). The Morgan fingerprint density at radius 1 is 1.24 bits per heavy atom. The van der Waals surface area contributed by atoms with Crippen LogP contribution in [0.1, 0.15) is 5.56 Å². The van der Waals surface area contributed by atoms with Crippen LogP contribution >= 0.6 is 0 Å². The molecule has 0 aliphatic rings. The van der Waals surface area contributed by atoms with Gasteiger partial charge in [0.05, 0.1) is 6.21 Å². The molecule has 17 heavy (non-hydrogen) atoms. The first kappa shape index (κ1) is 11.3. The molecule has 0 saturated heterocycles. The van der Waals surface area contributed by atoms with E-state index in [-0.39, 0.29) is 0 Å². The summed E-state index contributed by atoms with van der Waals surface area (Å²) in [6.45, 7) is -0.563. The predicted molar refractivity (Wildman–Crippen MR) is 66.8 cm³/mol. The lowest BCUT2D eigenvalue weighted by molar-refractivity contribution is -0.123. The number of fused-ring (bicyclic) bond motifs is 1. The number of nitrogens with one attached hydrogen (secondary N) is 1. The number of hydrogen-bond acceptors (Lipinski definition) is 3. The molecule has 0 aliphatic heterocycles. The Hall–Kier alpha value is -2.20. The van der Waals surface area contributed by atoms with Gasteiger partial charge in [-0.2, -0.15) is 5.10 Å². The van der Waals surface area contributed by atoms with Gasteiger partial charge in [0, 0.05) is 5.56 Å². The van der Waals surface area contributed by atoms with E-state index in [4.69, 9.17) is 5.11 Å². The average molecular weight is 228 g/mol. The molecule has 4 heteroatoms. The lowest BCUT2D eigenvalue weighted by Crippen LogP contribution is -2.20. The van der Waals surface area contributed by atoms with Crippen LogP contribution in [0, 0.1) is 0 Å². The lowest BCUT2D eigenvalue weighted by atomic mass is 10.1. The summed E-state index contributed by atoms with van der Waals surface area (Å²) in [5.41, 5.74) is 3.14. The van der Waals surface area contributed by atoms with E-state index in [2.05, 4.69) is 10.5 Å². The Morgan fingerprint density at radius 2 is 2.00 bits per heavy atom. The second-order valence-electron chi connectivity index (χ2n) is 3.52. The van der Waals surface area contributed by atoms with Gasteiger partial charge in [-0.05, 0) is 10.8 Å². The SMILES string of the molecule is O=C(CO)NN=Cc1cccc2ccccc12. The molecular weight excluding hydrogens is 216 g/mol. The van der Waals surface area contributed by atoms with Crippen molar-refractivity contribution in [3.8, 4) is 0 Å². The minimum Gasteiger partial charge on any atom is -0.386 e. The number of nitrogens with zero attached hydrogens (tertiary/aromatic N) is 1. The summed E-state index contributed by atoms with van der Waals surface area (Å²) in [6.07, 6.45) is 1.57. The van der Waals surface area contributed by atoms with Crippen molar-refractivity contribution in [2.75, 3.05) is 6.61 Å². The molecule has 2 N–H and O–H groups in total. The van der Waals surface area contributed by atoms with Crippen LogP contribution in [-0.2, 0) is 4.79 Å². The van der Waals surface area contributed by atoms with Gasteiger partial charge in [0.1, 0.15) is 6.61 Å². The molecule has 2 aromatic rings. The summed E-state index contributed by atoms with van der Waals surface area (Å²) < 4.78 is 0. The molecule has 0 spiro atoms. The Morgan fingerprint density at radius 3 is 2.82 bits per heavy atom. The number of carbonyl (C=O) groups is 1. The van der Waals surface area contributed by atoms with Gasteiger partial charge in [-0.3, -0.25) is 4.79 Å². The number of benzene rings is 2. The minimum absolute atomic E-state index is 0.526. The van der Waals surface area contributed by atoms with E-state index < -0.39 is 12.5 Å². The van der Waals surface area contributed by atoms with Crippen molar-refractivity contribution in [1.29, 1.82) is 0 Å². The summed E-state index contributed by atoms with van der Waals surface area (Å²) in [5.74, 6) is -0.526. The van der Waals surface area contributed by atoms with Crippen LogP contribution in [0.25, 0.3) is 10.8 Å². The van der Waals surface area contributed by atoms with Crippen LogP contribution in [0.15, 0.2) is 47.6 Å². The van der Waals surface area contributed by atoms with E-state index in [9.17, 15) is 4.79 Å². The smallest absolute Gasteiger partial charge is 0.265 e. The third-order valence-corrected chi connectivity index (χ3v) is 2.36. The molecule has 86 valence electrons. The fourth-order valence-electron chi connectivity index (χ4n) is 1.57. The fourth-order valence-corrected chi connectivity index (χ4v) is 1.57. The van der Waals surface area contributed by atoms with E-state index in [1.54, 1.807) is 6.21 Å². The molecule has 1 amide bonds. The van der Waals surface area contributed by atoms with Gasteiger partial charge in [-0.1, -0.05) is 42.5 Å². The molecule has 4 nitrogen and oxygen atoms in total. The topological polar surface area (TPSA) is 61.7 Å². The van der Waals surface area contributed by atoms with Crippen LogP contribution in [0.2, 0.25) is 0 Å². The van der Waals surface area contributed by atoms with Gasteiger partial charge >= 0.3 is 0 Å². The van der Waals surface area contributed by atoms with Crippen LogP contribution in [0.5, 0.6) is 0 Å². The largest absolute Gasteiger partial charge is 0.386 e. The Labute approximate surface area is 98.6 Å². The molecule has 0 heterocycles. The molecule has 0 bridgehead atoms. The Kier molecular flexibility index (Phi) is 3.47. The normalized spacial score (nSPS) is 10.9. The predicted octanol–water partition coefficient (Wildman–Crippen LogP) is 1.28. The molecule has 0 unspecified atom stereocenters. The average Bonchev–Trinajstić information content (AvgIpc) is 2.39. The molecule has 0 atom stereocenters. The van der Waals surface area contributed by atoms with Gasteiger partial charge in [0.15, 0.2) is 0 Å². The molecule has 0 aliphatic carbocycles. The zero-order valence-electron chi connectivity index (χ0n) is 9.13. The number of carbonyl (C=O) groups excluding carboxylic acids is 1. The van der Waals surface area contributed by atoms with E-state index >= 15 is 0 Å². The molecular formula is C13H12N2O2. The summed E-state index contributed by atoms with van der Waals surface area (Å²) >= 11 is 0. The highest BCUT2D eigenvalue weighted by molar-refractivity contribution is 5.99. The Bertz CT molecular complexity index is 559. The first-order chi connectivity index (χ1) is 8.31. The molecule has 2 aromatic carbocycles. The standard InChI is InChI=1S/C13H12N2O2/c16-9-13(17)15-14-8-11-6-3-5-10-4-1-2-7-12(10)11/h1-8,16H,9H2,(H,15,17). The second-order valence-corrected chi connectivity index (χ2v) is 3.52. The third-order valence-electron chi connectivity index (χ3n) is 2.36. The first-order valence-corrected chi connectivity index (χ1v) is 5.22. The van der Waals surface area contributed by atoms with E-state index in [1.807, 2.05) is 42.5 Å². The molecule has 0 saturated carbocycles. The molecule has 0 fully saturated rings. The number of aliphatic hydroxyl groups excluding tert-OH is 1. The number of hydrogen-bond donors (Lipinski definition) is 2. The van der Waals surface area contributed by atoms with Crippen molar-refractivity contribution in [1.82, 2.24) is 5.43 Å². The van der Waals surface area contributed by atoms with E-state index in [0.717, 1.165) is 16.3 Å². The number of hydrazone groups is 1. The van der Waals surface area contributed by atoms with Gasteiger partial charge in [0.25, 0.3) is 5.91 Å². The summed E-state index contributed by atoms with van der Waals surface area (Å²) in [7, 11) is 0. The summed E-state index contributed by atoms with van der Waals surface area (Å²) in [5, 5.41) is 14.5.